The summed E-state index contributed by atoms with van der Waals surface area (Å²) in [6.07, 6.45) is 8.53. The SMILES string of the molecule is Cc1cc(-c2cc(C3=CN(C(C)C)CC=C3)c[nH]c2=O)cc2c1N(C)C(=O)C2. The summed E-state index contributed by atoms with van der Waals surface area (Å²) in [4.78, 5) is 31.5. The maximum atomic E-state index is 12.6. The number of nitrogens with zero attached hydrogens (tertiary/aromatic N) is 2. The minimum absolute atomic E-state index is 0.0872. The van der Waals surface area contributed by atoms with Crippen LogP contribution in [0, 0.1) is 6.92 Å². The molecule has 0 radical (unpaired) electrons. The van der Waals surface area contributed by atoms with Crippen LogP contribution < -0.4 is 10.5 Å². The van der Waals surface area contributed by atoms with Gasteiger partial charge in [0.15, 0.2) is 0 Å². The van der Waals surface area contributed by atoms with Gasteiger partial charge in [0.25, 0.3) is 5.56 Å². The first-order chi connectivity index (χ1) is 13.3. The minimum Gasteiger partial charge on any atom is -0.371 e. The standard InChI is InChI=1S/C23H25N3O2/c1-14(2)26-7-5-6-16(13-26)19-10-20(23(28)24-12-19)17-8-15(3)22-18(9-17)11-21(27)25(22)4/h5-6,8-10,12-14H,7,11H2,1-4H3,(H,24,28). The Morgan fingerprint density at radius 3 is 2.64 bits per heavy atom. The Labute approximate surface area is 165 Å². The summed E-state index contributed by atoms with van der Waals surface area (Å²) in [6, 6.07) is 6.33. The quantitative estimate of drug-likeness (QED) is 0.893. The predicted molar refractivity (Wildman–Crippen MR) is 113 cm³/mol. The van der Waals surface area contributed by atoms with Gasteiger partial charge >= 0.3 is 0 Å². The van der Waals surface area contributed by atoms with Gasteiger partial charge in [-0.1, -0.05) is 12.2 Å². The third-order valence-electron chi connectivity index (χ3n) is 5.56. The van der Waals surface area contributed by atoms with Crippen molar-refractivity contribution in [1.29, 1.82) is 0 Å². The molecule has 0 saturated carbocycles. The highest BCUT2D eigenvalue weighted by Crippen LogP contribution is 2.35. The van der Waals surface area contributed by atoms with Crippen molar-refractivity contribution in [3.05, 3.63) is 69.8 Å². The van der Waals surface area contributed by atoms with Crippen molar-refractivity contribution >= 4 is 17.2 Å². The van der Waals surface area contributed by atoms with Gasteiger partial charge in [0.05, 0.1) is 6.42 Å². The zero-order valence-electron chi connectivity index (χ0n) is 16.7. The van der Waals surface area contributed by atoms with Crippen LogP contribution in [0.3, 0.4) is 0 Å². The Hall–Kier alpha value is -3.08. The van der Waals surface area contributed by atoms with Crippen LogP contribution in [0.4, 0.5) is 5.69 Å². The van der Waals surface area contributed by atoms with E-state index in [1.807, 2.05) is 25.1 Å². The van der Waals surface area contributed by atoms with Gasteiger partial charge in [-0.25, -0.2) is 0 Å². The highest BCUT2D eigenvalue weighted by molar-refractivity contribution is 6.02. The normalized spacial score (nSPS) is 16.0. The first-order valence-electron chi connectivity index (χ1n) is 9.63. The zero-order valence-corrected chi connectivity index (χ0v) is 16.7. The van der Waals surface area contributed by atoms with E-state index in [1.165, 1.54) is 0 Å². The molecule has 0 saturated heterocycles. The third-order valence-corrected chi connectivity index (χ3v) is 5.56. The molecule has 2 aromatic rings. The average Bonchev–Trinajstić information content (AvgIpc) is 2.96. The van der Waals surface area contributed by atoms with Gasteiger partial charge in [0, 0.05) is 48.8 Å². The Bertz CT molecular complexity index is 1080. The molecule has 144 valence electrons. The number of allylic oxidation sites excluding steroid dienone is 2. The Morgan fingerprint density at radius 2 is 1.89 bits per heavy atom. The summed E-state index contributed by atoms with van der Waals surface area (Å²) in [5.41, 5.74) is 6.36. The lowest BCUT2D eigenvalue weighted by Crippen LogP contribution is -2.27. The van der Waals surface area contributed by atoms with Crippen molar-refractivity contribution in [3.8, 4) is 11.1 Å². The van der Waals surface area contributed by atoms with E-state index in [1.54, 1.807) is 18.1 Å². The van der Waals surface area contributed by atoms with Gasteiger partial charge in [-0.05, 0) is 61.2 Å². The number of benzene rings is 1. The summed E-state index contributed by atoms with van der Waals surface area (Å²) in [5.74, 6) is 0.0872. The fourth-order valence-electron chi connectivity index (χ4n) is 4.00. The van der Waals surface area contributed by atoms with E-state index >= 15 is 0 Å². The number of anilines is 1. The van der Waals surface area contributed by atoms with Gasteiger partial charge < -0.3 is 14.8 Å². The number of fused-ring (bicyclic) bond motifs is 1. The summed E-state index contributed by atoms with van der Waals surface area (Å²) in [7, 11) is 1.80. The minimum atomic E-state index is -0.123. The molecule has 0 aliphatic carbocycles. The van der Waals surface area contributed by atoms with Crippen LogP contribution in [0.5, 0.6) is 0 Å². The van der Waals surface area contributed by atoms with E-state index in [-0.39, 0.29) is 11.5 Å². The van der Waals surface area contributed by atoms with E-state index in [9.17, 15) is 9.59 Å². The zero-order chi connectivity index (χ0) is 20.0. The topological polar surface area (TPSA) is 56.4 Å². The van der Waals surface area contributed by atoms with Gasteiger partial charge in [0.2, 0.25) is 5.91 Å². The lowest BCUT2D eigenvalue weighted by Gasteiger charge is -2.27. The molecule has 5 heteroatoms. The fraction of sp³-hybridized carbons (Fsp3) is 0.304. The molecule has 1 N–H and O–H groups in total. The third kappa shape index (κ3) is 3.07. The molecule has 2 aliphatic heterocycles. The summed E-state index contributed by atoms with van der Waals surface area (Å²) in [5, 5.41) is 0. The number of likely N-dealkylation sites (N-methyl/N-ethyl adjacent to an activating group) is 1. The number of aromatic amines is 1. The number of carbonyl (C=O) groups is 1. The van der Waals surface area contributed by atoms with Crippen molar-refractivity contribution in [2.45, 2.75) is 33.2 Å². The number of aryl methyl sites for hydroxylation is 1. The van der Waals surface area contributed by atoms with Gasteiger partial charge in [-0.15, -0.1) is 0 Å². The summed E-state index contributed by atoms with van der Waals surface area (Å²) in [6.45, 7) is 7.21. The second-order valence-corrected chi connectivity index (χ2v) is 7.84. The summed E-state index contributed by atoms with van der Waals surface area (Å²) >= 11 is 0. The molecule has 0 spiro atoms. The lowest BCUT2D eigenvalue weighted by atomic mass is 9.96. The second-order valence-electron chi connectivity index (χ2n) is 7.84. The number of pyridine rings is 1. The van der Waals surface area contributed by atoms with Crippen LogP contribution in [0.1, 0.15) is 30.5 Å². The van der Waals surface area contributed by atoms with Crippen molar-refractivity contribution in [3.63, 3.8) is 0 Å². The van der Waals surface area contributed by atoms with Crippen molar-refractivity contribution in [1.82, 2.24) is 9.88 Å². The van der Waals surface area contributed by atoms with Gasteiger partial charge in [-0.3, -0.25) is 9.59 Å². The largest absolute Gasteiger partial charge is 0.371 e. The maximum Gasteiger partial charge on any atom is 0.255 e. The number of hydrogen-bond donors (Lipinski definition) is 1. The van der Waals surface area contributed by atoms with Crippen LogP contribution in [0.15, 0.2) is 47.5 Å². The molecular weight excluding hydrogens is 350 g/mol. The van der Waals surface area contributed by atoms with Crippen molar-refractivity contribution in [2.24, 2.45) is 0 Å². The first-order valence-corrected chi connectivity index (χ1v) is 9.63. The van der Waals surface area contributed by atoms with E-state index < -0.39 is 0 Å². The molecule has 5 nitrogen and oxygen atoms in total. The van der Waals surface area contributed by atoms with Gasteiger partial charge in [-0.2, -0.15) is 0 Å². The average molecular weight is 375 g/mol. The number of rotatable bonds is 3. The predicted octanol–water partition coefficient (Wildman–Crippen LogP) is 3.49. The number of aromatic nitrogens is 1. The van der Waals surface area contributed by atoms with Crippen LogP contribution in [0.2, 0.25) is 0 Å². The smallest absolute Gasteiger partial charge is 0.255 e. The molecule has 1 aromatic heterocycles. The number of carbonyl (C=O) groups excluding carboxylic acids is 1. The molecule has 2 aliphatic rings. The molecule has 1 aromatic carbocycles. The first kappa shape index (κ1) is 18.3. The second kappa shape index (κ2) is 6.82. The molecule has 0 fully saturated rings. The highest BCUT2D eigenvalue weighted by atomic mass is 16.2. The number of amides is 1. The van der Waals surface area contributed by atoms with Crippen molar-refractivity contribution < 1.29 is 4.79 Å². The number of nitrogens with one attached hydrogen (secondary N) is 1. The Kier molecular flexibility index (Phi) is 4.46. The van der Waals surface area contributed by atoms with E-state index in [2.05, 4.69) is 42.1 Å². The highest BCUT2D eigenvalue weighted by Gasteiger charge is 2.26. The molecule has 0 unspecified atom stereocenters. The Morgan fingerprint density at radius 1 is 1.11 bits per heavy atom. The molecule has 28 heavy (non-hydrogen) atoms. The maximum absolute atomic E-state index is 12.6. The van der Waals surface area contributed by atoms with Crippen LogP contribution in [0.25, 0.3) is 16.7 Å². The molecular formula is C23H25N3O2. The Balaban J connectivity index is 1.79. The molecule has 1 amide bonds. The monoisotopic (exact) mass is 375 g/mol. The fourth-order valence-corrected chi connectivity index (χ4v) is 4.00. The molecule has 0 atom stereocenters. The van der Waals surface area contributed by atoms with Crippen LogP contribution >= 0.6 is 0 Å². The van der Waals surface area contributed by atoms with Crippen LogP contribution in [-0.2, 0) is 11.2 Å². The van der Waals surface area contributed by atoms with E-state index in [0.29, 0.717) is 18.0 Å². The lowest BCUT2D eigenvalue weighted by molar-refractivity contribution is -0.117. The number of H-pyrrole nitrogens is 1. The van der Waals surface area contributed by atoms with E-state index in [4.69, 9.17) is 0 Å². The van der Waals surface area contributed by atoms with Crippen LogP contribution in [-0.4, -0.2) is 35.4 Å². The molecule has 4 rings (SSSR count). The summed E-state index contributed by atoms with van der Waals surface area (Å²) < 4.78 is 0. The van der Waals surface area contributed by atoms with Crippen molar-refractivity contribution in [2.75, 3.05) is 18.5 Å². The van der Waals surface area contributed by atoms with E-state index in [0.717, 1.165) is 40.1 Å². The number of hydrogen-bond acceptors (Lipinski definition) is 3. The molecule has 3 heterocycles. The van der Waals surface area contributed by atoms with Gasteiger partial charge in [0.1, 0.15) is 0 Å². The molecule has 0 bridgehead atoms.